The first-order valence-corrected chi connectivity index (χ1v) is 8.70. The van der Waals surface area contributed by atoms with Gasteiger partial charge in [0.1, 0.15) is 0 Å². The summed E-state index contributed by atoms with van der Waals surface area (Å²) < 4.78 is 13.9. The van der Waals surface area contributed by atoms with Gasteiger partial charge in [0.15, 0.2) is 17.6 Å². The maximum atomic E-state index is 13.9. The predicted octanol–water partition coefficient (Wildman–Crippen LogP) is 3.17. The Bertz CT molecular complexity index is 710. The molecule has 2 heterocycles. The van der Waals surface area contributed by atoms with Crippen molar-refractivity contribution in [3.8, 4) is 0 Å². The van der Waals surface area contributed by atoms with Crippen LogP contribution in [0.3, 0.4) is 0 Å². The first-order valence-electron chi connectivity index (χ1n) is 8.70. The highest BCUT2D eigenvalue weighted by Gasteiger charge is 2.25. The van der Waals surface area contributed by atoms with Crippen molar-refractivity contribution < 1.29 is 4.39 Å². The summed E-state index contributed by atoms with van der Waals surface area (Å²) >= 11 is 0. The van der Waals surface area contributed by atoms with Crippen LogP contribution in [0.15, 0.2) is 53.7 Å². The standard InChI is InChI=1S/C19H24FN5.HI/c1-2-21-19(23-13-15-7-4-3-5-8-15)24-16-10-12-25(14-16)18-17(20)9-6-11-22-18;/h3-9,11,16H,2,10,12-14H2,1H3,(H2,21,23,24);1H. The summed E-state index contributed by atoms with van der Waals surface area (Å²) in [5.74, 6) is 0.950. The first kappa shape index (κ1) is 20.4. The molecule has 7 heteroatoms. The summed E-state index contributed by atoms with van der Waals surface area (Å²) in [7, 11) is 0. The maximum Gasteiger partial charge on any atom is 0.191 e. The van der Waals surface area contributed by atoms with E-state index in [-0.39, 0.29) is 35.8 Å². The number of benzene rings is 1. The van der Waals surface area contributed by atoms with Gasteiger partial charge in [-0.3, -0.25) is 0 Å². The van der Waals surface area contributed by atoms with Gasteiger partial charge in [0.05, 0.1) is 6.54 Å². The molecular weight excluding hydrogens is 444 g/mol. The zero-order valence-corrected chi connectivity index (χ0v) is 17.2. The molecule has 3 rings (SSSR count). The van der Waals surface area contributed by atoms with Crippen LogP contribution >= 0.6 is 24.0 Å². The van der Waals surface area contributed by atoms with E-state index in [1.807, 2.05) is 30.0 Å². The SMILES string of the molecule is CCNC(=NCc1ccccc1)NC1CCN(c2ncccc2F)C1.I. The van der Waals surface area contributed by atoms with Gasteiger partial charge in [-0.25, -0.2) is 14.4 Å². The lowest BCUT2D eigenvalue weighted by Crippen LogP contribution is -2.44. The van der Waals surface area contributed by atoms with Gasteiger partial charge in [0.25, 0.3) is 0 Å². The van der Waals surface area contributed by atoms with Gasteiger partial charge in [0, 0.05) is 31.9 Å². The molecule has 140 valence electrons. The molecule has 0 aliphatic carbocycles. The van der Waals surface area contributed by atoms with Crippen LogP contribution < -0.4 is 15.5 Å². The second kappa shape index (κ2) is 10.3. The molecule has 1 aliphatic rings. The van der Waals surface area contributed by atoms with Crippen LogP contribution in [0.1, 0.15) is 18.9 Å². The molecule has 2 N–H and O–H groups in total. The number of hydrogen-bond acceptors (Lipinski definition) is 3. The number of halogens is 2. The van der Waals surface area contributed by atoms with Gasteiger partial charge in [-0.2, -0.15) is 0 Å². The van der Waals surface area contributed by atoms with Crippen LogP contribution in [-0.2, 0) is 6.54 Å². The molecule has 0 radical (unpaired) electrons. The van der Waals surface area contributed by atoms with E-state index in [0.29, 0.717) is 18.9 Å². The third kappa shape index (κ3) is 5.55. The number of pyridine rings is 1. The van der Waals surface area contributed by atoms with E-state index in [1.165, 1.54) is 11.6 Å². The van der Waals surface area contributed by atoms with Crippen LogP contribution in [0.2, 0.25) is 0 Å². The van der Waals surface area contributed by atoms with Crippen molar-refractivity contribution in [1.82, 2.24) is 15.6 Å². The summed E-state index contributed by atoms with van der Waals surface area (Å²) in [6.07, 6.45) is 2.55. The lowest BCUT2D eigenvalue weighted by molar-refractivity contribution is 0.612. The van der Waals surface area contributed by atoms with E-state index in [0.717, 1.165) is 25.5 Å². The van der Waals surface area contributed by atoms with Crippen LogP contribution in [-0.4, -0.2) is 36.6 Å². The number of hydrogen-bond donors (Lipinski definition) is 2. The molecule has 26 heavy (non-hydrogen) atoms. The summed E-state index contributed by atoms with van der Waals surface area (Å²) in [5.41, 5.74) is 1.17. The molecular formula is C19H25FIN5. The van der Waals surface area contributed by atoms with E-state index in [9.17, 15) is 4.39 Å². The predicted molar refractivity (Wildman–Crippen MR) is 115 cm³/mol. The largest absolute Gasteiger partial charge is 0.357 e. The Hall–Kier alpha value is -1.90. The van der Waals surface area contributed by atoms with Crippen molar-refractivity contribution in [2.45, 2.75) is 25.9 Å². The Balaban J connectivity index is 0.00000243. The average Bonchev–Trinajstić information content (AvgIpc) is 3.09. The van der Waals surface area contributed by atoms with Gasteiger partial charge in [0.2, 0.25) is 0 Å². The fourth-order valence-corrected chi connectivity index (χ4v) is 2.95. The fourth-order valence-electron chi connectivity index (χ4n) is 2.95. The molecule has 0 spiro atoms. The summed E-state index contributed by atoms with van der Waals surface area (Å²) in [6.45, 7) is 4.96. The van der Waals surface area contributed by atoms with E-state index < -0.39 is 0 Å². The maximum absolute atomic E-state index is 13.9. The highest BCUT2D eigenvalue weighted by Crippen LogP contribution is 2.20. The Kier molecular flexibility index (Phi) is 8.08. The molecule has 1 atom stereocenters. The third-order valence-electron chi connectivity index (χ3n) is 4.17. The normalized spacial score (nSPS) is 16.9. The molecule has 2 aromatic rings. The first-order chi connectivity index (χ1) is 12.3. The monoisotopic (exact) mass is 469 g/mol. The second-order valence-corrected chi connectivity index (χ2v) is 6.07. The van der Waals surface area contributed by atoms with Crippen molar-refractivity contribution in [2.75, 3.05) is 24.5 Å². The number of aliphatic imine (C=N–C) groups is 1. The lowest BCUT2D eigenvalue weighted by atomic mass is 10.2. The number of nitrogens with one attached hydrogen (secondary N) is 2. The van der Waals surface area contributed by atoms with Crippen LogP contribution in [0.4, 0.5) is 10.2 Å². The number of nitrogens with zero attached hydrogens (tertiary/aromatic N) is 3. The Labute approximate surface area is 171 Å². The van der Waals surface area contributed by atoms with Gasteiger partial charge in [-0.1, -0.05) is 30.3 Å². The van der Waals surface area contributed by atoms with Crippen molar-refractivity contribution in [1.29, 1.82) is 0 Å². The van der Waals surface area contributed by atoms with Crippen LogP contribution in [0.5, 0.6) is 0 Å². The molecule has 5 nitrogen and oxygen atoms in total. The summed E-state index contributed by atoms with van der Waals surface area (Å²) in [4.78, 5) is 10.8. The fraction of sp³-hybridized carbons (Fsp3) is 0.368. The number of guanidine groups is 1. The van der Waals surface area contributed by atoms with Crippen molar-refractivity contribution in [2.24, 2.45) is 4.99 Å². The van der Waals surface area contributed by atoms with Crippen molar-refractivity contribution in [3.63, 3.8) is 0 Å². The minimum atomic E-state index is -0.271. The molecule has 1 saturated heterocycles. The van der Waals surface area contributed by atoms with Gasteiger partial charge in [-0.05, 0) is 31.0 Å². The third-order valence-corrected chi connectivity index (χ3v) is 4.17. The molecule has 0 saturated carbocycles. The minimum Gasteiger partial charge on any atom is -0.357 e. The van der Waals surface area contributed by atoms with Gasteiger partial charge in [-0.15, -0.1) is 24.0 Å². The van der Waals surface area contributed by atoms with Crippen molar-refractivity contribution >= 4 is 35.8 Å². The highest BCUT2D eigenvalue weighted by molar-refractivity contribution is 14.0. The minimum absolute atomic E-state index is 0. The number of anilines is 1. The Morgan fingerprint density at radius 1 is 1.27 bits per heavy atom. The van der Waals surface area contributed by atoms with Crippen LogP contribution in [0, 0.1) is 5.82 Å². The van der Waals surface area contributed by atoms with Gasteiger partial charge < -0.3 is 15.5 Å². The molecule has 0 amide bonds. The van der Waals surface area contributed by atoms with Crippen LogP contribution in [0.25, 0.3) is 0 Å². The summed E-state index contributed by atoms with van der Waals surface area (Å²) in [5, 5.41) is 6.73. The Morgan fingerprint density at radius 2 is 2.08 bits per heavy atom. The molecule has 1 fully saturated rings. The average molecular weight is 469 g/mol. The smallest absolute Gasteiger partial charge is 0.191 e. The van der Waals surface area contributed by atoms with E-state index in [4.69, 9.17) is 0 Å². The Morgan fingerprint density at radius 3 is 2.81 bits per heavy atom. The highest BCUT2D eigenvalue weighted by atomic mass is 127. The molecule has 1 aliphatic heterocycles. The van der Waals surface area contributed by atoms with E-state index in [2.05, 4.69) is 32.7 Å². The van der Waals surface area contributed by atoms with Gasteiger partial charge >= 0.3 is 0 Å². The zero-order chi connectivity index (χ0) is 17.5. The number of rotatable bonds is 5. The molecule has 1 aromatic carbocycles. The van der Waals surface area contributed by atoms with E-state index >= 15 is 0 Å². The zero-order valence-electron chi connectivity index (χ0n) is 14.9. The number of aromatic nitrogens is 1. The second-order valence-electron chi connectivity index (χ2n) is 6.07. The quantitative estimate of drug-likeness (QED) is 0.402. The topological polar surface area (TPSA) is 52.6 Å². The molecule has 1 unspecified atom stereocenters. The van der Waals surface area contributed by atoms with Crippen molar-refractivity contribution in [3.05, 3.63) is 60.0 Å². The van der Waals surface area contributed by atoms with E-state index in [1.54, 1.807) is 12.3 Å². The molecule has 0 bridgehead atoms. The lowest BCUT2D eigenvalue weighted by Gasteiger charge is -2.20. The summed E-state index contributed by atoms with van der Waals surface area (Å²) in [6, 6.07) is 13.4. The molecule has 1 aromatic heterocycles.